The average molecular weight is 298 g/mol. The monoisotopic (exact) mass is 298 g/mol. The molecule has 1 fully saturated rings. The van der Waals surface area contributed by atoms with Crippen LogP contribution in [0.15, 0.2) is 48.5 Å². The highest BCUT2D eigenvalue weighted by Crippen LogP contribution is 2.49. The molecule has 2 aromatic rings. The number of rotatable bonds is 3. The zero-order chi connectivity index (χ0) is 15.7. The first-order chi connectivity index (χ1) is 10.6. The topological polar surface area (TPSA) is 38.7 Å². The molecule has 4 atom stereocenters. The predicted octanol–water partition coefficient (Wildman–Crippen LogP) is 4.49. The minimum absolute atomic E-state index is 0.0581. The van der Waals surface area contributed by atoms with E-state index in [4.69, 9.17) is 9.47 Å². The Morgan fingerprint density at radius 3 is 1.73 bits per heavy atom. The summed E-state index contributed by atoms with van der Waals surface area (Å²) in [6, 6.07) is 15.4. The van der Waals surface area contributed by atoms with E-state index in [-0.39, 0.29) is 18.0 Å². The normalized spacial score (nSPS) is 27.8. The van der Waals surface area contributed by atoms with Crippen molar-refractivity contribution >= 4 is 0 Å². The smallest absolute Gasteiger partial charge is 0.118 e. The van der Waals surface area contributed by atoms with Gasteiger partial charge in [-0.2, -0.15) is 0 Å². The van der Waals surface area contributed by atoms with E-state index in [0.29, 0.717) is 11.8 Å². The van der Waals surface area contributed by atoms with Gasteiger partial charge in [0, 0.05) is 0 Å². The van der Waals surface area contributed by atoms with Crippen molar-refractivity contribution in [3.05, 3.63) is 59.7 Å². The lowest BCUT2D eigenvalue weighted by Gasteiger charge is -2.16. The second-order valence-electron chi connectivity index (χ2n) is 6.06. The highest BCUT2D eigenvalue weighted by Gasteiger charge is 2.40. The van der Waals surface area contributed by atoms with Gasteiger partial charge in [0.05, 0.1) is 19.3 Å². The average Bonchev–Trinajstić information content (AvgIpc) is 2.84. The summed E-state index contributed by atoms with van der Waals surface area (Å²) in [6.07, 6.45) is 0.141. The maximum absolute atomic E-state index is 9.44. The zero-order valence-corrected chi connectivity index (χ0v) is 13.2. The number of phenolic OH excluding ortho intramolecular Hbond substituents is 1. The summed E-state index contributed by atoms with van der Waals surface area (Å²) in [5.41, 5.74) is 2.30. The lowest BCUT2D eigenvalue weighted by Crippen LogP contribution is -2.09. The van der Waals surface area contributed by atoms with E-state index in [1.165, 1.54) is 5.56 Å². The van der Waals surface area contributed by atoms with E-state index in [2.05, 4.69) is 26.0 Å². The number of hydrogen-bond donors (Lipinski definition) is 1. The van der Waals surface area contributed by atoms with Gasteiger partial charge in [0.15, 0.2) is 0 Å². The summed E-state index contributed by atoms with van der Waals surface area (Å²) in [5, 5.41) is 9.44. The van der Waals surface area contributed by atoms with Crippen LogP contribution in [0.25, 0.3) is 0 Å². The SMILES string of the molecule is COc1ccc([C@H]2O[C@@H](c3ccc(O)cc3)[C@@H](C)[C@H]2C)cc1. The Morgan fingerprint density at radius 2 is 1.27 bits per heavy atom. The van der Waals surface area contributed by atoms with Crippen molar-refractivity contribution in [2.45, 2.75) is 26.1 Å². The highest BCUT2D eigenvalue weighted by molar-refractivity contribution is 5.31. The van der Waals surface area contributed by atoms with Crippen molar-refractivity contribution in [1.29, 1.82) is 0 Å². The summed E-state index contributed by atoms with van der Waals surface area (Å²) >= 11 is 0. The molecule has 0 unspecified atom stereocenters. The van der Waals surface area contributed by atoms with E-state index >= 15 is 0 Å². The lowest BCUT2D eigenvalue weighted by atomic mass is 9.85. The molecule has 1 aliphatic heterocycles. The van der Waals surface area contributed by atoms with Crippen LogP contribution in [-0.2, 0) is 4.74 Å². The third-order valence-corrected chi connectivity index (χ3v) is 4.74. The first-order valence-corrected chi connectivity index (χ1v) is 7.68. The molecule has 3 nitrogen and oxygen atoms in total. The lowest BCUT2D eigenvalue weighted by molar-refractivity contribution is 0.0290. The van der Waals surface area contributed by atoms with Gasteiger partial charge in [-0.25, -0.2) is 0 Å². The van der Waals surface area contributed by atoms with Gasteiger partial charge >= 0.3 is 0 Å². The second-order valence-corrected chi connectivity index (χ2v) is 6.06. The molecular weight excluding hydrogens is 276 g/mol. The molecule has 1 N–H and O–H groups in total. The molecule has 0 amide bonds. The van der Waals surface area contributed by atoms with Gasteiger partial charge in [0.1, 0.15) is 11.5 Å². The van der Waals surface area contributed by atoms with Crippen molar-refractivity contribution in [3.8, 4) is 11.5 Å². The van der Waals surface area contributed by atoms with Crippen LogP contribution in [0.1, 0.15) is 37.2 Å². The molecule has 1 heterocycles. The number of ether oxygens (including phenoxy) is 2. The van der Waals surface area contributed by atoms with E-state index in [1.807, 2.05) is 24.3 Å². The molecule has 0 aliphatic carbocycles. The quantitative estimate of drug-likeness (QED) is 0.907. The molecule has 0 spiro atoms. The number of phenols is 1. The van der Waals surface area contributed by atoms with Crippen LogP contribution in [0.2, 0.25) is 0 Å². The first kappa shape index (κ1) is 14.9. The Morgan fingerprint density at radius 1 is 0.818 bits per heavy atom. The second kappa shape index (κ2) is 6.01. The van der Waals surface area contributed by atoms with Gasteiger partial charge in [0.25, 0.3) is 0 Å². The molecule has 1 saturated heterocycles. The fourth-order valence-electron chi connectivity index (χ4n) is 3.18. The first-order valence-electron chi connectivity index (χ1n) is 7.68. The molecule has 0 bridgehead atoms. The van der Waals surface area contributed by atoms with Crippen LogP contribution in [0, 0.1) is 11.8 Å². The van der Waals surface area contributed by atoms with Crippen LogP contribution < -0.4 is 4.74 Å². The van der Waals surface area contributed by atoms with Gasteiger partial charge in [-0.1, -0.05) is 38.1 Å². The van der Waals surface area contributed by atoms with Crippen LogP contribution in [0.4, 0.5) is 0 Å². The Hall–Kier alpha value is -2.00. The van der Waals surface area contributed by atoms with Gasteiger partial charge < -0.3 is 14.6 Å². The minimum Gasteiger partial charge on any atom is -0.508 e. The summed E-state index contributed by atoms with van der Waals surface area (Å²) in [4.78, 5) is 0. The Balaban J connectivity index is 1.83. The van der Waals surface area contributed by atoms with Gasteiger partial charge in [-0.15, -0.1) is 0 Å². The van der Waals surface area contributed by atoms with Crippen molar-refractivity contribution in [1.82, 2.24) is 0 Å². The maximum Gasteiger partial charge on any atom is 0.118 e. The van der Waals surface area contributed by atoms with Gasteiger partial charge in [-0.3, -0.25) is 0 Å². The number of benzene rings is 2. The summed E-state index contributed by atoms with van der Waals surface area (Å²) in [7, 11) is 1.67. The third kappa shape index (κ3) is 2.69. The zero-order valence-electron chi connectivity index (χ0n) is 13.2. The fourth-order valence-corrected chi connectivity index (χ4v) is 3.18. The van der Waals surface area contributed by atoms with E-state index in [0.717, 1.165) is 11.3 Å². The predicted molar refractivity (Wildman–Crippen MR) is 86.0 cm³/mol. The van der Waals surface area contributed by atoms with Crippen molar-refractivity contribution in [2.75, 3.05) is 7.11 Å². The Bertz CT molecular complexity index is 618. The van der Waals surface area contributed by atoms with Crippen LogP contribution >= 0.6 is 0 Å². The third-order valence-electron chi connectivity index (χ3n) is 4.74. The molecule has 0 radical (unpaired) electrons. The molecule has 0 aromatic heterocycles. The molecule has 3 heteroatoms. The van der Waals surface area contributed by atoms with E-state index in [9.17, 15) is 5.11 Å². The van der Waals surface area contributed by atoms with E-state index in [1.54, 1.807) is 19.2 Å². The van der Waals surface area contributed by atoms with Gasteiger partial charge in [0.2, 0.25) is 0 Å². The molecular formula is C19H22O3. The number of aromatic hydroxyl groups is 1. The standard InChI is InChI=1S/C19H22O3/c1-12-13(2)19(15-6-10-17(21-3)11-7-15)22-18(12)14-4-8-16(20)9-5-14/h4-13,18-20H,1-3H3/t12-,13+,18+,19-/m0/s1. The van der Waals surface area contributed by atoms with E-state index < -0.39 is 0 Å². The minimum atomic E-state index is 0.0581. The van der Waals surface area contributed by atoms with Gasteiger partial charge in [-0.05, 0) is 47.2 Å². The molecule has 0 saturated carbocycles. The number of methoxy groups -OCH3 is 1. The number of hydrogen-bond acceptors (Lipinski definition) is 3. The van der Waals surface area contributed by atoms with Crippen molar-refractivity contribution < 1.29 is 14.6 Å². The molecule has 1 aliphatic rings. The molecule has 3 rings (SSSR count). The fraction of sp³-hybridized carbons (Fsp3) is 0.368. The Kier molecular flexibility index (Phi) is 4.08. The summed E-state index contributed by atoms with van der Waals surface area (Å²) in [5.74, 6) is 1.98. The van der Waals surface area contributed by atoms with Crippen molar-refractivity contribution in [3.63, 3.8) is 0 Å². The Labute approximate surface area is 131 Å². The van der Waals surface area contributed by atoms with Crippen LogP contribution in [0.5, 0.6) is 11.5 Å². The largest absolute Gasteiger partial charge is 0.508 e. The summed E-state index contributed by atoms with van der Waals surface area (Å²) < 4.78 is 11.6. The highest BCUT2D eigenvalue weighted by atomic mass is 16.5. The molecule has 116 valence electrons. The van der Waals surface area contributed by atoms with Crippen molar-refractivity contribution in [2.24, 2.45) is 11.8 Å². The van der Waals surface area contributed by atoms with Crippen LogP contribution in [0.3, 0.4) is 0 Å². The molecule has 2 aromatic carbocycles. The van der Waals surface area contributed by atoms with Crippen LogP contribution in [-0.4, -0.2) is 12.2 Å². The summed E-state index contributed by atoms with van der Waals surface area (Å²) in [6.45, 7) is 4.46. The maximum atomic E-state index is 9.44. The molecule has 22 heavy (non-hydrogen) atoms.